The van der Waals surface area contributed by atoms with Gasteiger partial charge in [0.05, 0.1) is 7.11 Å². The largest absolute Gasteiger partial charge is 0.497 e. The molecule has 1 aromatic rings. The van der Waals surface area contributed by atoms with Crippen LogP contribution in [-0.4, -0.2) is 37.6 Å². The Hall–Kier alpha value is -1.26. The first kappa shape index (κ1) is 19.1. The molecule has 1 aliphatic carbocycles. The van der Waals surface area contributed by atoms with E-state index in [0.717, 1.165) is 50.9 Å². The fraction of sp³-hybridized carbons (Fsp3) is 0.632. The molecule has 2 fully saturated rings. The third kappa shape index (κ3) is 4.04. The van der Waals surface area contributed by atoms with Gasteiger partial charge in [0.1, 0.15) is 5.75 Å². The van der Waals surface area contributed by atoms with Crippen LogP contribution in [0.5, 0.6) is 5.75 Å². The zero-order valence-corrected chi connectivity index (χ0v) is 15.3. The van der Waals surface area contributed by atoms with Crippen LogP contribution in [0.2, 0.25) is 0 Å². The van der Waals surface area contributed by atoms with Gasteiger partial charge in [0, 0.05) is 19.0 Å². The fourth-order valence-corrected chi connectivity index (χ4v) is 4.19. The number of nitrogens with two attached hydrogens (primary N) is 1. The Kier molecular flexibility index (Phi) is 6.93. The predicted octanol–water partition coefficient (Wildman–Crippen LogP) is 3.20. The maximum atomic E-state index is 12.8. The number of hydrogen-bond donors (Lipinski definition) is 1. The zero-order valence-electron chi connectivity index (χ0n) is 14.4. The Labute approximate surface area is 151 Å². The Morgan fingerprint density at radius 1 is 1.17 bits per heavy atom. The van der Waals surface area contributed by atoms with Gasteiger partial charge in [-0.15, -0.1) is 12.4 Å². The van der Waals surface area contributed by atoms with E-state index in [0.29, 0.717) is 24.3 Å². The first-order chi connectivity index (χ1) is 11.2. The summed E-state index contributed by atoms with van der Waals surface area (Å²) in [5.41, 5.74) is 7.19. The molecule has 24 heavy (non-hydrogen) atoms. The van der Waals surface area contributed by atoms with Gasteiger partial charge in [-0.25, -0.2) is 0 Å². The molecular weight excluding hydrogens is 324 g/mol. The van der Waals surface area contributed by atoms with Crippen LogP contribution in [0.3, 0.4) is 0 Å². The summed E-state index contributed by atoms with van der Waals surface area (Å²) in [5.74, 6) is 2.39. The molecule has 0 aromatic heterocycles. The van der Waals surface area contributed by atoms with Crippen molar-refractivity contribution in [2.75, 3.05) is 26.7 Å². The number of hydrogen-bond acceptors (Lipinski definition) is 3. The van der Waals surface area contributed by atoms with Crippen molar-refractivity contribution in [3.8, 4) is 5.75 Å². The third-order valence-corrected chi connectivity index (χ3v) is 5.67. The maximum Gasteiger partial charge on any atom is 0.226 e. The first-order valence-corrected chi connectivity index (χ1v) is 8.85. The molecule has 134 valence electrons. The summed E-state index contributed by atoms with van der Waals surface area (Å²) in [5, 5.41) is 0. The molecule has 1 aromatic carbocycles. The molecule has 5 heteroatoms. The number of methoxy groups -OCH3 is 1. The third-order valence-electron chi connectivity index (χ3n) is 5.67. The van der Waals surface area contributed by atoms with Crippen molar-refractivity contribution in [1.82, 2.24) is 4.90 Å². The summed E-state index contributed by atoms with van der Waals surface area (Å²) in [6.07, 6.45) is 5.41. The van der Waals surface area contributed by atoms with Gasteiger partial charge in [0.2, 0.25) is 5.91 Å². The van der Waals surface area contributed by atoms with Crippen molar-refractivity contribution >= 4 is 18.3 Å². The first-order valence-electron chi connectivity index (χ1n) is 8.85. The molecule has 0 bridgehead atoms. The van der Waals surface area contributed by atoms with Gasteiger partial charge >= 0.3 is 0 Å². The van der Waals surface area contributed by atoms with E-state index in [1.165, 1.54) is 5.56 Å². The second-order valence-corrected chi connectivity index (χ2v) is 6.91. The van der Waals surface area contributed by atoms with Crippen LogP contribution in [0.4, 0.5) is 0 Å². The van der Waals surface area contributed by atoms with Gasteiger partial charge in [-0.05, 0) is 61.8 Å². The smallest absolute Gasteiger partial charge is 0.226 e. The maximum absolute atomic E-state index is 12.8. The second-order valence-electron chi connectivity index (χ2n) is 6.91. The van der Waals surface area contributed by atoms with E-state index >= 15 is 0 Å². The average molecular weight is 353 g/mol. The number of nitrogens with zero attached hydrogens (tertiary/aromatic N) is 1. The molecule has 2 N–H and O–H groups in total. The minimum atomic E-state index is 0. The van der Waals surface area contributed by atoms with Crippen LogP contribution in [0.15, 0.2) is 24.3 Å². The number of halogens is 1. The van der Waals surface area contributed by atoms with E-state index in [-0.39, 0.29) is 18.3 Å². The van der Waals surface area contributed by atoms with E-state index in [9.17, 15) is 4.79 Å². The Morgan fingerprint density at radius 2 is 1.83 bits per heavy atom. The lowest BCUT2D eigenvalue weighted by atomic mass is 9.88. The van der Waals surface area contributed by atoms with Gasteiger partial charge in [0.15, 0.2) is 0 Å². The Bertz CT molecular complexity index is 527. The molecule has 4 nitrogen and oxygen atoms in total. The second kappa shape index (κ2) is 8.72. The number of ether oxygens (including phenoxy) is 1. The number of rotatable bonds is 4. The standard InChI is InChI=1S/C19H28N2O2.ClH/c1-23-17-7-5-14(6-8-17)15-9-11-21(12-10-15)19(22)18-4-2-3-16(18)13-20;/h5-8,15-16,18H,2-4,9-13,20H2,1H3;1H/t16-,18-;/m1./s1. The minimum Gasteiger partial charge on any atom is -0.497 e. The quantitative estimate of drug-likeness (QED) is 0.905. The highest BCUT2D eigenvalue weighted by Gasteiger charge is 2.35. The number of likely N-dealkylation sites (tertiary alicyclic amines) is 1. The van der Waals surface area contributed by atoms with E-state index < -0.39 is 0 Å². The fourth-order valence-electron chi connectivity index (χ4n) is 4.19. The lowest BCUT2D eigenvalue weighted by molar-refractivity contribution is -0.137. The molecule has 1 saturated carbocycles. The summed E-state index contributed by atoms with van der Waals surface area (Å²) < 4.78 is 5.22. The van der Waals surface area contributed by atoms with E-state index in [1.807, 2.05) is 12.1 Å². The summed E-state index contributed by atoms with van der Waals surface area (Å²) in [4.78, 5) is 14.8. The molecule has 1 heterocycles. The van der Waals surface area contributed by atoms with Crippen LogP contribution in [0.1, 0.15) is 43.6 Å². The van der Waals surface area contributed by atoms with Crippen molar-refractivity contribution in [2.24, 2.45) is 17.6 Å². The monoisotopic (exact) mass is 352 g/mol. The van der Waals surface area contributed by atoms with Crippen LogP contribution in [0.25, 0.3) is 0 Å². The van der Waals surface area contributed by atoms with Crippen LogP contribution in [-0.2, 0) is 4.79 Å². The number of benzene rings is 1. The minimum absolute atomic E-state index is 0. The molecule has 1 saturated heterocycles. The van der Waals surface area contributed by atoms with Crippen LogP contribution < -0.4 is 10.5 Å². The van der Waals surface area contributed by atoms with Crippen molar-refractivity contribution in [3.63, 3.8) is 0 Å². The normalized spacial score (nSPS) is 24.5. The number of piperidine rings is 1. The molecule has 3 rings (SSSR count). The highest BCUT2D eigenvalue weighted by Crippen LogP contribution is 2.35. The lowest BCUT2D eigenvalue weighted by Crippen LogP contribution is -2.43. The molecule has 2 aliphatic rings. The van der Waals surface area contributed by atoms with Crippen LogP contribution >= 0.6 is 12.4 Å². The van der Waals surface area contributed by atoms with Gasteiger partial charge < -0.3 is 15.4 Å². The summed E-state index contributed by atoms with van der Waals surface area (Å²) in [6.45, 7) is 2.41. The van der Waals surface area contributed by atoms with Gasteiger partial charge in [-0.1, -0.05) is 18.6 Å². The highest BCUT2D eigenvalue weighted by atomic mass is 35.5. The Balaban J connectivity index is 0.00000208. The SMILES string of the molecule is COc1ccc(C2CCN(C(=O)[C@@H]3CCC[C@@H]3CN)CC2)cc1.Cl. The van der Waals surface area contributed by atoms with Crippen molar-refractivity contribution in [3.05, 3.63) is 29.8 Å². The lowest BCUT2D eigenvalue weighted by Gasteiger charge is -2.35. The van der Waals surface area contributed by atoms with Gasteiger partial charge in [-0.3, -0.25) is 4.79 Å². The zero-order chi connectivity index (χ0) is 16.2. The topological polar surface area (TPSA) is 55.6 Å². The number of amides is 1. The summed E-state index contributed by atoms with van der Waals surface area (Å²) in [7, 11) is 1.69. The van der Waals surface area contributed by atoms with Crippen molar-refractivity contribution in [1.29, 1.82) is 0 Å². The average Bonchev–Trinajstić information content (AvgIpc) is 3.10. The molecule has 2 atom stereocenters. The molecule has 0 unspecified atom stereocenters. The van der Waals surface area contributed by atoms with Crippen molar-refractivity contribution < 1.29 is 9.53 Å². The molecule has 1 amide bonds. The summed E-state index contributed by atoms with van der Waals surface area (Å²) in [6, 6.07) is 8.36. The predicted molar refractivity (Wildman–Crippen MR) is 98.7 cm³/mol. The van der Waals surface area contributed by atoms with E-state index in [4.69, 9.17) is 10.5 Å². The molecular formula is C19H29ClN2O2. The molecule has 1 aliphatic heterocycles. The molecule has 0 spiro atoms. The number of carbonyl (C=O) groups is 1. The van der Waals surface area contributed by atoms with Gasteiger partial charge in [0.25, 0.3) is 0 Å². The van der Waals surface area contributed by atoms with Crippen LogP contribution in [0, 0.1) is 11.8 Å². The van der Waals surface area contributed by atoms with E-state index in [2.05, 4.69) is 17.0 Å². The van der Waals surface area contributed by atoms with Crippen molar-refractivity contribution in [2.45, 2.75) is 38.0 Å². The molecule has 0 radical (unpaired) electrons. The Morgan fingerprint density at radius 3 is 2.42 bits per heavy atom. The number of carbonyl (C=O) groups excluding carboxylic acids is 1. The van der Waals surface area contributed by atoms with E-state index in [1.54, 1.807) is 7.11 Å². The highest BCUT2D eigenvalue weighted by molar-refractivity contribution is 5.85. The van der Waals surface area contributed by atoms with Gasteiger partial charge in [-0.2, -0.15) is 0 Å². The summed E-state index contributed by atoms with van der Waals surface area (Å²) >= 11 is 0.